The Morgan fingerprint density at radius 3 is 2.12 bits per heavy atom. The number of aromatic hydroxyl groups is 2. The van der Waals surface area contributed by atoms with Crippen molar-refractivity contribution in [2.45, 2.75) is 19.9 Å². The molecule has 0 spiro atoms. The monoisotopic (exact) mass is 441 g/mol. The third kappa shape index (κ3) is 4.80. The molecular formula is C27H23NO5. The van der Waals surface area contributed by atoms with Gasteiger partial charge < -0.3 is 20.6 Å². The van der Waals surface area contributed by atoms with Crippen LogP contribution in [0.2, 0.25) is 0 Å². The number of hydrogen-bond donors (Lipinski definition) is 4. The van der Waals surface area contributed by atoms with E-state index in [1.165, 1.54) is 12.1 Å². The van der Waals surface area contributed by atoms with E-state index in [1.54, 1.807) is 36.4 Å². The van der Waals surface area contributed by atoms with Gasteiger partial charge in [0.1, 0.15) is 11.5 Å². The minimum absolute atomic E-state index is 0.0705. The summed E-state index contributed by atoms with van der Waals surface area (Å²) in [6.07, 6.45) is 0.206. The summed E-state index contributed by atoms with van der Waals surface area (Å²) < 4.78 is 0. The van der Waals surface area contributed by atoms with Crippen LogP contribution in [0.1, 0.15) is 43.0 Å². The third-order valence-corrected chi connectivity index (χ3v) is 5.61. The molecule has 0 aliphatic heterocycles. The lowest BCUT2D eigenvalue weighted by molar-refractivity contribution is 0.0696. The first-order valence-electron chi connectivity index (χ1n) is 10.5. The number of phenolic OH excluding ortho intramolecular Hbond substituents is 2. The molecule has 0 heterocycles. The molecule has 0 aliphatic carbocycles. The number of nitrogens with one attached hydrogen (secondary N) is 1. The highest BCUT2D eigenvalue weighted by Crippen LogP contribution is 2.37. The average Bonchev–Trinajstić information content (AvgIpc) is 2.81. The predicted octanol–water partition coefficient (Wildman–Crippen LogP) is 4.78. The third-order valence-electron chi connectivity index (χ3n) is 5.61. The van der Waals surface area contributed by atoms with Crippen LogP contribution in [0.4, 0.5) is 0 Å². The molecule has 0 fully saturated rings. The molecule has 33 heavy (non-hydrogen) atoms. The maximum Gasteiger partial charge on any atom is 0.335 e. The van der Waals surface area contributed by atoms with Gasteiger partial charge in [-0.1, -0.05) is 48.0 Å². The van der Waals surface area contributed by atoms with Crippen LogP contribution in [0.15, 0.2) is 72.8 Å². The van der Waals surface area contributed by atoms with Crippen molar-refractivity contribution < 1.29 is 24.9 Å². The van der Waals surface area contributed by atoms with Crippen molar-refractivity contribution in [2.24, 2.45) is 0 Å². The van der Waals surface area contributed by atoms with Gasteiger partial charge in [0.15, 0.2) is 0 Å². The van der Waals surface area contributed by atoms with E-state index < -0.39 is 5.97 Å². The quantitative estimate of drug-likeness (QED) is 0.345. The van der Waals surface area contributed by atoms with Gasteiger partial charge in [-0.05, 0) is 53.8 Å². The van der Waals surface area contributed by atoms with Gasteiger partial charge >= 0.3 is 5.97 Å². The largest absolute Gasteiger partial charge is 0.507 e. The Kier molecular flexibility index (Phi) is 6.00. The number of carbonyl (C=O) groups excluding carboxylic acids is 1. The second-order valence-corrected chi connectivity index (χ2v) is 8.01. The molecule has 0 saturated carbocycles. The van der Waals surface area contributed by atoms with Gasteiger partial charge in [0.2, 0.25) is 0 Å². The van der Waals surface area contributed by atoms with Gasteiger partial charge in [-0.25, -0.2) is 4.79 Å². The number of benzene rings is 4. The molecule has 0 aliphatic rings. The molecule has 0 atom stereocenters. The molecule has 0 aromatic heterocycles. The van der Waals surface area contributed by atoms with Crippen LogP contribution in [0.25, 0.3) is 10.8 Å². The number of aromatic carboxylic acids is 1. The average molecular weight is 441 g/mol. The van der Waals surface area contributed by atoms with Crippen molar-refractivity contribution in [1.82, 2.24) is 5.32 Å². The fraction of sp³-hybridized carbons (Fsp3) is 0.111. The number of carbonyl (C=O) groups is 2. The Hall–Kier alpha value is -4.32. The topological polar surface area (TPSA) is 107 Å². The first-order chi connectivity index (χ1) is 15.8. The number of carboxylic acids is 1. The molecule has 4 rings (SSSR count). The van der Waals surface area contributed by atoms with Crippen molar-refractivity contribution in [3.8, 4) is 11.5 Å². The summed E-state index contributed by atoms with van der Waals surface area (Å²) in [7, 11) is 0. The Morgan fingerprint density at radius 2 is 1.45 bits per heavy atom. The van der Waals surface area contributed by atoms with Crippen LogP contribution in [-0.2, 0) is 13.0 Å². The van der Waals surface area contributed by atoms with Crippen LogP contribution in [0.3, 0.4) is 0 Å². The number of rotatable bonds is 6. The maximum absolute atomic E-state index is 12.7. The van der Waals surface area contributed by atoms with Crippen LogP contribution in [0.5, 0.6) is 11.5 Å². The number of fused-ring (bicyclic) bond motifs is 1. The zero-order chi connectivity index (χ0) is 23.5. The molecule has 0 unspecified atom stereocenters. The van der Waals surface area contributed by atoms with E-state index in [4.69, 9.17) is 5.11 Å². The van der Waals surface area contributed by atoms with Crippen LogP contribution in [0, 0.1) is 6.92 Å². The number of hydrogen-bond acceptors (Lipinski definition) is 4. The molecule has 6 nitrogen and oxygen atoms in total. The van der Waals surface area contributed by atoms with Crippen LogP contribution >= 0.6 is 0 Å². The predicted molar refractivity (Wildman–Crippen MR) is 126 cm³/mol. The van der Waals surface area contributed by atoms with E-state index in [0.29, 0.717) is 28.4 Å². The summed E-state index contributed by atoms with van der Waals surface area (Å²) in [4.78, 5) is 23.7. The summed E-state index contributed by atoms with van der Waals surface area (Å²) in [5, 5.41) is 34.3. The molecule has 0 saturated heterocycles. The standard InChI is InChI=1S/C27H23NO5/c1-16-2-4-18(5-3-16)15-28-26(31)21-11-10-20-14-24(29)23(25(30)22(20)13-21)12-17-6-8-19(9-7-17)27(32)33/h2-11,13-14,29-30H,12,15H2,1H3,(H,28,31)(H,32,33). The fourth-order valence-corrected chi connectivity index (χ4v) is 3.68. The first kappa shape index (κ1) is 21.9. The van der Waals surface area contributed by atoms with Gasteiger partial charge in [0, 0.05) is 29.5 Å². The number of carboxylic acid groups (broad SMARTS) is 1. The Labute approximate surface area is 190 Å². The zero-order valence-electron chi connectivity index (χ0n) is 18.0. The maximum atomic E-state index is 12.7. The molecular weight excluding hydrogens is 418 g/mol. The van der Waals surface area contributed by atoms with E-state index in [-0.39, 0.29) is 29.4 Å². The summed E-state index contributed by atoms with van der Waals surface area (Å²) >= 11 is 0. The minimum atomic E-state index is -1.02. The lowest BCUT2D eigenvalue weighted by Crippen LogP contribution is -2.22. The molecule has 4 aromatic carbocycles. The van der Waals surface area contributed by atoms with Crippen molar-refractivity contribution >= 4 is 22.6 Å². The van der Waals surface area contributed by atoms with Gasteiger partial charge in [-0.15, -0.1) is 0 Å². The molecule has 0 bridgehead atoms. The summed E-state index contributed by atoms with van der Waals surface area (Å²) in [6.45, 7) is 2.39. The van der Waals surface area contributed by atoms with E-state index in [9.17, 15) is 19.8 Å². The lowest BCUT2D eigenvalue weighted by Gasteiger charge is -2.13. The minimum Gasteiger partial charge on any atom is -0.507 e. The van der Waals surface area contributed by atoms with E-state index in [1.807, 2.05) is 31.2 Å². The Morgan fingerprint density at radius 1 is 0.818 bits per heavy atom. The number of phenols is 2. The molecule has 1 amide bonds. The number of aryl methyl sites for hydroxylation is 1. The Balaban J connectivity index is 1.59. The molecule has 0 radical (unpaired) electrons. The lowest BCUT2D eigenvalue weighted by atomic mass is 9.96. The molecule has 4 N–H and O–H groups in total. The molecule has 4 aromatic rings. The van der Waals surface area contributed by atoms with E-state index in [2.05, 4.69) is 5.32 Å². The van der Waals surface area contributed by atoms with E-state index in [0.717, 1.165) is 16.7 Å². The van der Waals surface area contributed by atoms with Crippen molar-refractivity contribution in [1.29, 1.82) is 0 Å². The fourth-order valence-electron chi connectivity index (χ4n) is 3.68. The Bertz CT molecular complexity index is 1340. The smallest absolute Gasteiger partial charge is 0.335 e. The highest BCUT2D eigenvalue weighted by atomic mass is 16.4. The molecule has 166 valence electrons. The van der Waals surface area contributed by atoms with Gasteiger partial charge in [-0.2, -0.15) is 0 Å². The number of amides is 1. The van der Waals surface area contributed by atoms with Gasteiger partial charge in [-0.3, -0.25) is 4.79 Å². The van der Waals surface area contributed by atoms with Crippen molar-refractivity contribution in [3.63, 3.8) is 0 Å². The second-order valence-electron chi connectivity index (χ2n) is 8.01. The van der Waals surface area contributed by atoms with Crippen LogP contribution in [-0.4, -0.2) is 27.2 Å². The van der Waals surface area contributed by atoms with Gasteiger partial charge in [0.05, 0.1) is 5.56 Å². The van der Waals surface area contributed by atoms with Crippen molar-refractivity contribution in [3.05, 3.63) is 106 Å². The normalized spacial score (nSPS) is 10.8. The summed E-state index contributed by atoms with van der Waals surface area (Å²) in [5.41, 5.74) is 3.73. The second kappa shape index (κ2) is 9.04. The van der Waals surface area contributed by atoms with Crippen molar-refractivity contribution in [2.75, 3.05) is 0 Å². The van der Waals surface area contributed by atoms with Crippen LogP contribution < -0.4 is 5.32 Å². The zero-order valence-corrected chi connectivity index (χ0v) is 18.0. The van der Waals surface area contributed by atoms with Gasteiger partial charge in [0.25, 0.3) is 5.91 Å². The SMILES string of the molecule is Cc1ccc(CNC(=O)c2ccc3cc(O)c(Cc4ccc(C(=O)O)cc4)c(O)c3c2)cc1. The summed E-state index contributed by atoms with van der Waals surface area (Å²) in [6, 6.07) is 20.6. The first-order valence-corrected chi connectivity index (χ1v) is 10.5. The highest BCUT2D eigenvalue weighted by molar-refractivity contribution is 6.01. The molecule has 6 heteroatoms. The summed E-state index contributed by atoms with van der Waals surface area (Å²) in [5.74, 6) is -1.47. The highest BCUT2D eigenvalue weighted by Gasteiger charge is 2.16. The van der Waals surface area contributed by atoms with E-state index >= 15 is 0 Å².